The summed E-state index contributed by atoms with van der Waals surface area (Å²) in [7, 11) is -3.64. The van der Waals surface area contributed by atoms with Gasteiger partial charge in [-0.15, -0.1) is 0 Å². The van der Waals surface area contributed by atoms with Crippen LogP contribution in [0.3, 0.4) is 0 Å². The van der Waals surface area contributed by atoms with Gasteiger partial charge in [0.25, 0.3) is 5.91 Å². The molecule has 2 heterocycles. The summed E-state index contributed by atoms with van der Waals surface area (Å²) >= 11 is 1.46. The van der Waals surface area contributed by atoms with E-state index < -0.39 is 10.0 Å². The third-order valence-corrected chi connectivity index (χ3v) is 9.46. The number of para-hydroxylation sites is 1. The number of carbonyl (C=O) groups is 1. The smallest absolute Gasteiger partial charge is 0.260 e. The average Bonchev–Trinajstić information content (AvgIpc) is 3.61. The monoisotopic (exact) mass is 553 g/mol. The van der Waals surface area contributed by atoms with E-state index in [0.29, 0.717) is 29.5 Å². The van der Waals surface area contributed by atoms with Crippen LogP contribution >= 0.6 is 11.3 Å². The standard InChI is InChI=1S/C29H35N3O4S2/c1-4-7-18-31(19-8-5-2)38(34,35)25-16-14-23(15-17-25)28(33)32(21-24-12-10-20-36-24)29-30-27-22(6-3)11-9-13-26(27)37-29/h9-17,20H,4-8,18-19,21H2,1-3H3. The van der Waals surface area contributed by atoms with Gasteiger partial charge in [-0.3, -0.25) is 9.69 Å². The Morgan fingerprint density at radius 2 is 1.66 bits per heavy atom. The summed E-state index contributed by atoms with van der Waals surface area (Å²) in [6.45, 7) is 7.39. The van der Waals surface area contributed by atoms with Crippen LogP contribution in [0.15, 0.2) is 70.2 Å². The van der Waals surface area contributed by atoms with Gasteiger partial charge in [0.1, 0.15) is 5.76 Å². The van der Waals surface area contributed by atoms with E-state index in [-0.39, 0.29) is 17.3 Å². The van der Waals surface area contributed by atoms with Crippen LogP contribution in [0.4, 0.5) is 5.13 Å². The number of amides is 1. The van der Waals surface area contributed by atoms with Crippen LogP contribution in [-0.4, -0.2) is 36.7 Å². The minimum Gasteiger partial charge on any atom is -0.467 e. The number of hydrogen-bond acceptors (Lipinski definition) is 6. The van der Waals surface area contributed by atoms with Gasteiger partial charge in [-0.2, -0.15) is 4.31 Å². The molecule has 4 aromatic rings. The van der Waals surface area contributed by atoms with Gasteiger partial charge in [-0.1, -0.05) is 57.1 Å². The van der Waals surface area contributed by atoms with Crippen molar-refractivity contribution in [1.82, 2.24) is 9.29 Å². The van der Waals surface area contributed by atoms with Gasteiger partial charge in [0.2, 0.25) is 10.0 Å². The first-order valence-electron chi connectivity index (χ1n) is 13.2. The molecular weight excluding hydrogens is 518 g/mol. The van der Waals surface area contributed by atoms with Gasteiger partial charge in [0, 0.05) is 18.7 Å². The van der Waals surface area contributed by atoms with Crippen molar-refractivity contribution < 1.29 is 17.6 Å². The fraction of sp³-hybridized carbons (Fsp3) is 0.379. The molecule has 0 N–H and O–H groups in total. The number of furan rings is 1. The molecule has 9 heteroatoms. The lowest BCUT2D eigenvalue weighted by atomic mass is 10.1. The van der Waals surface area contributed by atoms with E-state index in [1.807, 2.05) is 38.1 Å². The van der Waals surface area contributed by atoms with Gasteiger partial charge in [-0.05, 0) is 67.3 Å². The molecule has 7 nitrogen and oxygen atoms in total. The van der Waals surface area contributed by atoms with Crippen molar-refractivity contribution in [3.63, 3.8) is 0 Å². The highest BCUT2D eigenvalue weighted by molar-refractivity contribution is 7.89. The van der Waals surface area contributed by atoms with Gasteiger partial charge in [-0.25, -0.2) is 13.4 Å². The molecule has 2 aromatic heterocycles. The van der Waals surface area contributed by atoms with Crippen molar-refractivity contribution in [2.45, 2.75) is 64.3 Å². The first kappa shape index (κ1) is 28.0. The van der Waals surface area contributed by atoms with Crippen LogP contribution in [0.2, 0.25) is 0 Å². The summed E-state index contributed by atoms with van der Waals surface area (Å²) in [5.74, 6) is 0.367. The minimum atomic E-state index is -3.64. The topological polar surface area (TPSA) is 83.7 Å². The highest BCUT2D eigenvalue weighted by atomic mass is 32.2. The van der Waals surface area contributed by atoms with E-state index in [2.05, 4.69) is 6.92 Å². The minimum absolute atomic E-state index is 0.200. The van der Waals surface area contributed by atoms with Gasteiger partial charge in [0.15, 0.2) is 5.13 Å². The third kappa shape index (κ3) is 6.17. The summed E-state index contributed by atoms with van der Waals surface area (Å²) in [4.78, 5) is 20.4. The van der Waals surface area contributed by atoms with Crippen molar-refractivity contribution in [2.24, 2.45) is 0 Å². The zero-order valence-electron chi connectivity index (χ0n) is 22.2. The molecule has 0 bridgehead atoms. The quantitative estimate of drug-likeness (QED) is 0.180. The zero-order chi connectivity index (χ0) is 27.1. The molecule has 0 aliphatic heterocycles. The molecule has 1 amide bonds. The van der Waals surface area contributed by atoms with Crippen LogP contribution in [-0.2, 0) is 23.0 Å². The Bertz CT molecular complexity index is 1440. The van der Waals surface area contributed by atoms with E-state index in [1.54, 1.807) is 33.7 Å². The number of thiazole rings is 1. The first-order chi connectivity index (χ1) is 18.4. The molecule has 0 atom stereocenters. The van der Waals surface area contributed by atoms with E-state index in [9.17, 15) is 13.2 Å². The van der Waals surface area contributed by atoms with Crippen LogP contribution in [0.25, 0.3) is 10.2 Å². The maximum absolute atomic E-state index is 13.8. The highest BCUT2D eigenvalue weighted by Gasteiger charge is 2.26. The Kier molecular flexibility index (Phi) is 9.35. The molecule has 0 saturated carbocycles. The summed E-state index contributed by atoms with van der Waals surface area (Å²) in [5, 5.41) is 0.573. The van der Waals surface area contributed by atoms with Crippen molar-refractivity contribution in [3.05, 3.63) is 77.7 Å². The number of nitrogens with zero attached hydrogens (tertiary/aromatic N) is 3. The lowest BCUT2D eigenvalue weighted by molar-refractivity contribution is 0.0983. The SMILES string of the molecule is CCCCN(CCCC)S(=O)(=O)c1ccc(C(=O)N(Cc2ccco2)c2nc3c(CC)cccc3s2)cc1. The molecule has 0 aliphatic rings. The lowest BCUT2D eigenvalue weighted by Gasteiger charge is -2.22. The molecule has 0 radical (unpaired) electrons. The number of unbranched alkanes of at least 4 members (excludes halogenated alkanes) is 2. The summed E-state index contributed by atoms with van der Waals surface area (Å²) < 4.78 is 34.8. The van der Waals surface area contributed by atoms with E-state index in [4.69, 9.17) is 9.40 Å². The second-order valence-electron chi connectivity index (χ2n) is 9.22. The van der Waals surface area contributed by atoms with Gasteiger partial charge >= 0.3 is 0 Å². The molecule has 0 unspecified atom stereocenters. The number of fused-ring (bicyclic) bond motifs is 1. The Morgan fingerprint density at radius 1 is 0.947 bits per heavy atom. The van der Waals surface area contributed by atoms with Crippen molar-refractivity contribution in [3.8, 4) is 0 Å². The van der Waals surface area contributed by atoms with E-state index >= 15 is 0 Å². The number of benzene rings is 2. The molecule has 4 rings (SSSR count). The lowest BCUT2D eigenvalue weighted by Crippen LogP contribution is -2.33. The first-order valence-corrected chi connectivity index (χ1v) is 15.5. The molecule has 0 fully saturated rings. The molecule has 202 valence electrons. The number of rotatable bonds is 13. The van der Waals surface area contributed by atoms with Crippen LogP contribution < -0.4 is 4.90 Å². The largest absolute Gasteiger partial charge is 0.467 e. The normalized spacial score (nSPS) is 11.9. The van der Waals surface area contributed by atoms with Gasteiger partial charge < -0.3 is 4.42 Å². The number of hydrogen-bond donors (Lipinski definition) is 0. The molecular formula is C29H35N3O4S2. The number of anilines is 1. The number of carbonyl (C=O) groups excluding carboxylic acids is 1. The second-order valence-corrected chi connectivity index (χ2v) is 12.2. The number of aromatic nitrogens is 1. The molecule has 0 spiro atoms. The van der Waals surface area contributed by atoms with E-state index in [0.717, 1.165) is 47.9 Å². The Hall–Kier alpha value is -3.01. The Labute approximate surface area is 229 Å². The summed E-state index contributed by atoms with van der Waals surface area (Å²) in [6, 6.07) is 15.9. The zero-order valence-corrected chi connectivity index (χ0v) is 23.9. The van der Waals surface area contributed by atoms with Crippen molar-refractivity contribution in [1.29, 1.82) is 0 Å². The fourth-order valence-corrected chi connectivity index (χ4v) is 6.80. The molecule has 0 saturated heterocycles. The van der Waals surface area contributed by atoms with Crippen molar-refractivity contribution in [2.75, 3.05) is 18.0 Å². The van der Waals surface area contributed by atoms with Crippen LogP contribution in [0, 0.1) is 0 Å². The fourth-order valence-electron chi connectivity index (χ4n) is 4.27. The van der Waals surface area contributed by atoms with Crippen LogP contribution in [0.5, 0.6) is 0 Å². The number of sulfonamides is 1. The summed E-state index contributed by atoms with van der Waals surface area (Å²) in [6.07, 6.45) is 5.88. The van der Waals surface area contributed by atoms with E-state index in [1.165, 1.54) is 23.5 Å². The molecule has 38 heavy (non-hydrogen) atoms. The van der Waals surface area contributed by atoms with Crippen LogP contribution in [0.1, 0.15) is 68.1 Å². The molecule has 0 aliphatic carbocycles. The average molecular weight is 554 g/mol. The maximum Gasteiger partial charge on any atom is 0.260 e. The third-order valence-electron chi connectivity index (χ3n) is 6.50. The Balaban J connectivity index is 1.65. The highest BCUT2D eigenvalue weighted by Crippen LogP contribution is 2.33. The summed E-state index contributed by atoms with van der Waals surface area (Å²) in [5.41, 5.74) is 2.41. The predicted octanol–water partition coefficient (Wildman–Crippen LogP) is 6.89. The molecule has 2 aromatic carbocycles. The van der Waals surface area contributed by atoms with Crippen molar-refractivity contribution >= 4 is 42.6 Å². The predicted molar refractivity (Wildman–Crippen MR) is 153 cm³/mol. The second kappa shape index (κ2) is 12.7. The van der Waals surface area contributed by atoms with Gasteiger partial charge in [0.05, 0.1) is 27.9 Å². The number of aryl methyl sites for hydroxylation is 1. The maximum atomic E-state index is 13.8. The Morgan fingerprint density at radius 3 is 2.26 bits per heavy atom.